The van der Waals surface area contributed by atoms with Gasteiger partial charge in [-0.05, 0) is 40.0 Å². The van der Waals surface area contributed by atoms with Crippen molar-refractivity contribution in [3.8, 4) is 0 Å². The van der Waals surface area contributed by atoms with Crippen molar-refractivity contribution in [3.63, 3.8) is 0 Å². The lowest BCUT2D eigenvalue weighted by molar-refractivity contribution is -0.124. The fourth-order valence-corrected chi connectivity index (χ4v) is 1.92. The van der Waals surface area contributed by atoms with Gasteiger partial charge in [0.25, 0.3) is 0 Å². The largest absolute Gasteiger partial charge is 0.376 e. The number of amides is 1. The Morgan fingerprint density at radius 2 is 2.00 bits per heavy atom. The highest BCUT2D eigenvalue weighted by atomic mass is 16.5. The van der Waals surface area contributed by atoms with Crippen molar-refractivity contribution < 1.29 is 9.53 Å². The molecule has 0 aromatic carbocycles. The summed E-state index contributed by atoms with van der Waals surface area (Å²) in [7, 11) is 1.73. The predicted octanol–water partition coefficient (Wildman–Crippen LogP) is 1.45. The Balaban J connectivity index is 2.13. The molecular formula is C13H26N2O2. The summed E-state index contributed by atoms with van der Waals surface area (Å²) in [6.07, 6.45) is 3.85. The van der Waals surface area contributed by atoms with Crippen molar-refractivity contribution in [3.05, 3.63) is 0 Å². The zero-order valence-corrected chi connectivity index (χ0v) is 11.6. The van der Waals surface area contributed by atoms with Crippen LogP contribution in [0.5, 0.6) is 0 Å². The zero-order valence-electron chi connectivity index (χ0n) is 11.6. The van der Waals surface area contributed by atoms with Crippen LogP contribution in [0.2, 0.25) is 0 Å². The van der Waals surface area contributed by atoms with Crippen molar-refractivity contribution in [2.75, 3.05) is 20.2 Å². The lowest BCUT2D eigenvalue weighted by Gasteiger charge is -2.40. The second-order valence-corrected chi connectivity index (χ2v) is 5.94. The SMILES string of the molecule is COC1(CNC(=O)CCNC(C)(C)C)CCC1. The lowest BCUT2D eigenvalue weighted by Crippen LogP contribution is -2.49. The van der Waals surface area contributed by atoms with Crippen LogP contribution in [0.3, 0.4) is 0 Å². The second kappa shape index (κ2) is 5.83. The number of rotatable bonds is 6. The Hall–Kier alpha value is -0.610. The van der Waals surface area contributed by atoms with Gasteiger partial charge in [-0.3, -0.25) is 4.79 Å². The molecule has 1 fully saturated rings. The summed E-state index contributed by atoms with van der Waals surface area (Å²) in [5.41, 5.74) is -0.00484. The first kappa shape index (κ1) is 14.5. The molecule has 0 aliphatic heterocycles. The maximum atomic E-state index is 11.6. The summed E-state index contributed by atoms with van der Waals surface area (Å²) < 4.78 is 5.45. The number of hydrogen-bond donors (Lipinski definition) is 2. The summed E-state index contributed by atoms with van der Waals surface area (Å²) in [6.45, 7) is 7.66. The van der Waals surface area contributed by atoms with Gasteiger partial charge in [-0.1, -0.05) is 0 Å². The molecule has 4 nitrogen and oxygen atoms in total. The van der Waals surface area contributed by atoms with E-state index in [1.54, 1.807) is 7.11 Å². The average Bonchev–Trinajstić information content (AvgIpc) is 2.14. The Morgan fingerprint density at radius 1 is 1.35 bits per heavy atom. The van der Waals surface area contributed by atoms with Crippen LogP contribution in [-0.4, -0.2) is 37.2 Å². The molecule has 0 unspecified atom stereocenters. The van der Waals surface area contributed by atoms with Gasteiger partial charge >= 0.3 is 0 Å². The number of hydrogen-bond acceptors (Lipinski definition) is 3. The molecule has 0 aromatic rings. The molecule has 4 heteroatoms. The van der Waals surface area contributed by atoms with Crippen LogP contribution in [0.1, 0.15) is 46.5 Å². The molecular weight excluding hydrogens is 216 g/mol. The van der Waals surface area contributed by atoms with E-state index >= 15 is 0 Å². The van der Waals surface area contributed by atoms with Crippen molar-refractivity contribution >= 4 is 5.91 Å². The lowest BCUT2D eigenvalue weighted by atomic mass is 9.80. The van der Waals surface area contributed by atoms with Gasteiger partial charge in [0.1, 0.15) is 0 Å². The van der Waals surface area contributed by atoms with Gasteiger partial charge in [0.15, 0.2) is 0 Å². The minimum Gasteiger partial charge on any atom is -0.376 e. The predicted molar refractivity (Wildman–Crippen MR) is 69.0 cm³/mol. The van der Waals surface area contributed by atoms with Crippen molar-refractivity contribution in [2.45, 2.75) is 57.6 Å². The van der Waals surface area contributed by atoms with Crippen LogP contribution >= 0.6 is 0 Å². The van der Waals surface area contributed by atoms with Crippen LogP contribution in [0.25, 0.3) is 0 Å². The van der Waals surface area contributed by atoms with Gasteiger partial charge in [0, 0.05) is 32.2 Å². The summed E-state index contributed by atoms with van der Waals surface area (Å²) in [5.74, 6) is 0.102. The van der Waals surface area contributed by atoms with Crippen molar-refractivity contribution in [1.82, 2.24) is 10.6 Å². The quantitative estimate of drug-likeness (QED) is 0.741. The molecule has 1 aliphatic carbocycles. The molecule has 0 radical (unpaired) electrons. The molecule has 1 saturated carbocycles. The summed E-state index contributed by atoms with van der Waals surface area (Å²) in [4.78, 5) is 11.6. The van der Waals surface area contributed by atoms with Crippen LogP contribution < -0.4 is 10.6 Å². The molecule has 0 aromatic heterocycles. The molecule has 0 spiro atoms. The number of carbonyl (C=O) groups is 1. The van der Waals surface area contributed by atoms with E-state index in [-0.39, 0.29) is 17.0 Å². The first-order chi connectivity index (χ1) is 7.87. The van der Waals surface area contributed by atoms with Crippen LogP contribution in [0, 0.1) is 0 Å². The average molecular weight is 242 g/mol. The second-order valence-electron chi connectivity index (χ2n) is 5.94. The molecule has 1 amide bonds. The number of nitrogens with one attached hydrogen (secondary N) is 2. The smallest absolute Gasteiger partial charge is 0.221 e. The summed E-state index contributed by atoms with van der Waals surface area (Å²) in [5, 5.41) is 6.26. The number of methoxy groups -OCH3 is 1. The molecule has 0 saturated heterocycles. The van der Waals surface area contributed by atoms with Crippen LogP contribution in [-0.2, 0) is 9.53 Å². The molecule has 1 rings (SSSR count). The minimum absolute atomic E-state index is 0.0714. The van der Waals surface area contributed by atoms with Gasteiger partial charge in [0.05, 0.1) is 5.60 Å². The summed E-state index contributed by atoms with van der Waals surface area (Å²) in [6, 6.07) is 0. The number of carbonyl (C=O) groups excluding carboxylic acids is 1. The molecule has 0 heterocycles. The van der Waals surface area contributed by atoms with E-state index in [2.05, 4.69) is 31.4 Å². The molecule has 2 N–H and O–H groups in total. The Bertz CT molecular complexity index is 249. The third kappa shape index (κ3) is 5.04. The van der Waals surface area contributed by atoms with Gasteiger partial charge < -0.3 is 15.4 Å². The Labute approximate surface area is 104 Å². The first-order valence-corrected chi connectivity index (χ1v) is 6.44. The third-order valence-electron chi connectivity index (χ3n) is 3.31. The Morgan fingerprint density at radius 3 is 2.41 bits per heavy atom. The summed E-state index contributed by atoms with van der Waals surface area (Å²) >= 11 is 0. The van der Waals surface area contributed by atoms with Crippen molar-refractivity contribution in [2.24, 2.45) is 0 Å². The Kier molecular flexibility index (Phi) is 4.95. The topological polar surface area (TPSA) is 50.4 Å². The van der Waals surface area contributed by atoms with E-state index in [0.717, 1.165) is 19.4 Å². The van der Waals surface area contributed by atoms with Gasteiger partial charge in [-0.15, -0.1) is 0 Å². The van der Waals surface area contributed by atoms with E-state index in [1.807, 2.05) is 0 Å². The maximum absolute atomic E-state index is 11.6. The number of ether oxygens (including phenoxy) is 1. The molecule has 100 valence electrons. The standard InChI is InChI=1S/C13H26N2O2/c1-12(2,3)15-9-6-11(16)14-10-13(17-4)7-5-8-13/h15H,5-10H2,1-4H3,(H,14,16). The highest BCUT2D eigenvalue weighted by molar-refractivity contribution is 5.76. The van der Waals surface area contributed by atoms with Gasteiger partial charge in [-0.25, -0.2) is 0 Å². The first-order valence-electron chi connectivity index (χ1n) is 6.44. The van der Waals surface area contributed by atoms with E-state index in [9.17, 15) is 4.79 Å². The normalized spacial score (nSPS) is 18.6. The maximum Gasteiger partial charge on any atom is 0.221 e. The fraction of sp³-hybridized carbons (Fsp3) is 0.923. The fourth-order valence-electron chi connectivity index (χ4n) is 1.92. The van der Waals surface area contributed by atoms with Gasteiger partial charge in [0.2, 0.25) is 5.91 Å². The highest BCUT2D eigenvalue weighted by Crippen LogP contribution is 2.34. The van der Waals surface area contributed by atoms with E-state index in [1.165, 1.54) is 6.42 Å². The van der Waals surface area contributed by atoms with E-state index < -0.39 is 0 Å². The molecule has 0 atom stereocenters. The minimum atomic E-state index is -0.0763. The van der Waals surface area contributed by atoms with Gasteiger partial charge in [-0.2, -0.15) is 0 Å². The molecule has 1 aliphatic rings. The highest BCUT2D eigenvalue weighted by Gasteiger charge is 2.37. The van der Waals surface area contributed by atoms with Crippen LogP contribution in [0.4, 0.5) is 0 Å². The third-order valence-corrected chi connectivity index (χ3v) is 3.31. The molecule has 0 bridgehead atoms. The van der Waals surface area contributed by atoms with E-state index in [4.69, 9.17) is 4.74 Å². The molecule has 17 heavy (non-hydrogen) atoms. The monoisotopic (exact) mass is 242 g/mol. The zero-order chi connectivity index (χ0) is 12.9. The van der Waals surface area contributed by atoms with Crippen molar-refractivity contribution in [1.29, 1.82) is 0 Å². The van der Waals surface area contributed by atoms with E-state index in [0.29, 0.717) is 13.0 Å². The van der Waals surface area contributed by atoms with Crippen LogP contribution in [0.15, 0.2) is 0 Å².